The fourth-order valence-corrected chi connectivity index (χ4v) is 10.8. The third-order valence-electron chi connectivity index (χ3n) is 3.05. The molecule has 0 rings (SSSR count). The van der Waals surface area contributed by atoms with Crippen LogP contribution in [0.15, 0.2) is 0 Å². The highest BCUT2D eigenvalue weighted by Gasteiger charge is 2.05. The first-order chi connectivity index (χ1) is 17.7. The molecule has 0 aromatic heterocycles. The Labute approximate surface area is 258 Å². The van der Waals surface area contributed by atoms with Crippen molar-refractivity contribution in [3.05, 3.63) is 0 Å². The minimum atomic E-state index is -0.189. The number of hydrogen-bond acceptors (Lipinski definition) is 17. The molecule has 17 heteroatoms. The predicted molar refractivity (Wildman–Crippen MR) is 176 cm³/mol. The number of thioether (sulfide) groups is 10. The van der Waals surface area contributed by atoms with Gasteiger partial charge in [0, 0.05) is 47.8 Å². The lowest BCUT2D eigenvalue weighted by Crippen LogP contribution is -2.10. The summed E-state index contributed by atoms with van der Waals surface area (Å²) in [4.78, 5) is 33.4. The average molecular weight is 697 g/mol. The summed E-state index contributed by atoms with van der Waals surface area (Å²) in [5.41, 5.74) is 0. The van der Waals surface area contributed by atoms with Crippen LogP contribution in [-0.4, -0.2) is 114 Å². The molecule has 0 aliphatic heterocycles. The number of carbonyl (C=O) groups excluding carboxylic acids is 2. The van der Waals surface area contributed by atoms with E-state index in [9.17, 15) is 9.59 Å². The van der Waals surface area contributed by atoms with Gasteiger partial charge in [-0.15, -0.1) is 94.1 Å². The molecule has 0 saturated heterocycles. The summed E-state index contributed by atoms with van der Waals surface area (Å²) >= 11 is 16.9. The van der Waals surface area contributed by atoms with Crippen LogP contribution >= 0.6 is 118 Å². The summed E-state index contributed by atoms with van der Waals surface area (Å²) in [6.45, 7) is 1.17. The lowest BCUT2D eigenvalue weighted by molar-refractivity contribution is -0.274. The summed E-state index contributed by atoms with van der Waals surface area (Å²) < 4.78 is 10.4. The largest absolute Gasteiger partial charge is 0.464 e. The second-order valence-corrected chi connectivity index (χ2v) is 18.1. The van der Waals surface area contributed by atoms with Gasteiger partial charge in [-0.1, -0.05) is 0 Å². The van der Waals surface area contributed by atoms with Crippen molar-refractivity contribution in [1.82, 2.24) is 0 Å². The number of aliphatic hydroxyl groups is 1. The molecule has 0 unspecified atom stereocenters. The van der Waals surface area contributed by atoms with E-state index < -0.39 is 0 Å². The molecule has 1 N–H and O–H groups in total. The van der Waals surface area contributed by atoms with Crippen molar-refractivity contribution in [2.75, 3.05) is 97.2 Å². The zero-order valence-corrected chi connectivity index (χ0v) is 28.5. The first-order valence-electron chi connectivity index (χ1n) is 10.6. The molecule has 214 valence electrons. The SMILES string of the molecule is CSCCOOCSCSCSCSCOC(=O)CSCSCSCSCC(=O)OCCSCCO. The van der Waals surface area contributed by atoms with Crippen LogP contribution in [0.4, 0.5) is 0 Å². The van der Waals surface area contributed by atoms with Crippen molar-refractivity contribution in [2.24, 2.45) is 0 Å². The summed E-state index contributed by atoms with van der Waals surface area (Å²) in [6.07, 6.45) is 2.04. The van der Waals surface area contributed by atoms with E-state index in [1.807, 2.05) is 29.8 Å². The van der Waals surface area contributed by atoms with E-state index in [2.05, 4.69) is 0 Å². The zero-order valence-electron chi connectivity index (χ0n) is 20.3. The van der Waals surface area contributed by atoms with Crippen molar-refractivity contribution < 1.29 is 33.9 Å². The molecule has 0 spiro atoms. The van der Waals surface area contributed by atoms with E-state index in [0.717, 1.165) is 42.0 Å². The molecule has 0 amide bonds. The Hall–Kier alpha value is 2.32. The number of ether oxygens (including phenoxy) is 2. The smallest absolute Gasteiger partial charge is 0.316 e. The molecule has 7 nitrogen and oxygen atoms in total. The van der Waals surface area contributed by atoms with Crippen LogP contribution in [0.3, 0.4) is 0 Å². The topological polar surface area (TPSA) is 91.3 Å². The Morgan fingerprint density at radius 2 is 1.14 bits per heavy atom. The Kier molecular flexibility index (Phi) is 35.7. The highest BCUT2D eigenvalue weighted by Crippen LogP contribution is 2.22. The van der Waals surface area contributed by atoms with Gasteiger partial charge in [0.15, 0.2) is 0 Å². The van der Waals surface area contributed by atoms with Crippen molar-refractivity contribution in [3.8, 4) is 0 Å². The first-order valence-corrected chi connectivity index (χ1v) is 22.3. The number of esters is 2. The first kappa shape index (κ1) is 38.3. The van der Waals surface area contributed by atoms with Gasteiger partial charge in [0.2, 0.25) is 0 Å². The standard InChI is InChI=1S/C19H36O7S10/c1-27-6-4-25-26-11-32-15-36-17-35-14-31-10-24-19(22)9-30-13-34-16-33-12-29-8-18(21)23-3-7-28-5-2-20/h20H,2-17H2,1H3. The molecule has 0 heterocycles. The second kappa shape index (κ2) is 33.5. The van der Waals surface area contributed by atoms with Crippen LogP contribution in [0.1, 0.15) is 0 Å². The third-order valence-corrected chi connectivity index (χ3v) is 14.0. The molecule has 0 fully saturated rings. The van der Waals surface area contributed by atoms with Gasteiger partial charge in [-0.25, -0.2) is 9.78 Å². The quantitative estimate of drug-likeness (QED) is 0.0344. The van der Waals surface area contributed by atoms with Crippen LogP contribution in [-0.2, 0) is 28.8 Å². The van der Waals surface area contributed by atoms with Crippen molar-refractivity contribution in [1.29, 1.82) is 0 Å². The fourth-order valence-electron chi connectivity index (χ4n) is 1.62. The van der Waals surface area contributed by atoms with E-state index >= 15 is 0 Å². The van der Waals surface area contributed by atoms with Gasteiger partial charge < -0.3 is 14.6 Å². The number of aliphatic hydroxyl groups excluding tert-OH is 1. The van der Waals surface area contributed by atoms with Gasteiger partial charge in [-0.05, 0) is 6.26 Å². The lowest BCUT2D eigenvalue weighted by Gasteiger charge is -2.06. The van der Waals surface area contributed by atoms with Gasteiger partial charge in [0.1, 0.15) is 18.5 Å². The zero-order chi connectivity index (χ0) is 26.4. The van der Waals surface area contributed by atoms with Crippen LogP contribution in [0.25, 0.3) is 0 Å². The summed E-state index contributed by atoms with van der Waals surface area (Å²) in [5.74, 6) is 3.67. The number of rotatable bonds is 29. The van der Waals surface area contributed by atoms with Gasteiger partial charge in [-0.2, -0.15) is 23.5 Å². The molecular weight excluding hydrogens is 661 g/mol. The monoisotopic (exact) mass is 696 g/mol. The number of hydrogen-bond donors (Lipinski definition) is 1. The van der Waals surface area contributed by atoms with Crippen LogP contribution in [0.2, 0.25) is 0 Å². The van der Waals surface area contributed by atoms with Gasteiger partial charge >= 0.3 is 11.9 Å². The molecule has 0 aliphatic rings. The Bertz CT molecular complexity index is 497. The van der Waals surface area contributed by atoms with Crippen molar-refractivity contribution >= 4 is 130 Å². The van der Waals surface area contributed by atoms with E-state index in [0.29, 0.717) is 42.4 Å². The lowest BCUT2D eigenvalue weighted by atomic mass is 10.8. The van der Waals surface area contributed by atoms with Gasteiger partial charge in [-0.3, -0.25) is 9.59 Å². The molecule has 0 aromatic carbocycles. The number of carbonyl (C=O) groups is 2. The van der Waals surface area contributed by atoms with Crippen LogP contribution in [0, 0.1) is 0 Å². The summed E-state index contributed by atoms with van der Waals surface area (Å²) in [5, 5.41) is 14.1. The molecule has 0 atom stereocenters. The average Bonchev–Trinajstić information content (AvgIpc) is 2.87. The Morgan fingerprint density at radius 3 is 1.75 bits per heavy atom. The van der Waals surface area contributed by atoms with Gasteiger partial charge in [0.05, 0.1) is 24.7 Å². The maximum Gasteiger partial charge on any atom is 0.316 e. The highest BCUT2D eigenvalue weighted by molar-refractivity contribution is 8.26. The Balaban J connectivity index is 3.22. The molecular formula is C19H36O7S10. The maximum atomic E-state index is 11.8. The minimum absolute atomic E-state index is 0.151. The normalized spacial score (nSPS) is 11.1. The van der Waals surface area contributed by atoms with E-state index in [-0.39, 0.29) is 18.5 Å². The van der Waals surface area contributed by atoms with E-state index in [4.69, 9.17) is 24.4 Å². The minimum Gasteiger partial charge on any atom is -0.464 e. The summed E-state index contributed by atoms with van der Waals surface area (Å²) in [6, 6.07) is 0. The fraction of sp³-hybridized carbons (Fsp3) is 0.895. The third kappa shape index (κ3) is 32.5. The molecule has 0 aliphatic carbocycles. The van der Waals surface area contributed by atoms with E-state index in [1.165, 1.54) is 0 Å². The molecule has 36 heavy (non-hydrogen) atoms. The predicted octanol–water partition coefficient (Wildman–Crippen LogP) is 5.64. The van der Waals surface area contributed by atoms with Crippen molar-refractivity contribution in [3.63, 3.8) is 0 Å². The van der Waals surface area contributed by atoms with Crippen LogP contribution in [0.5, 0.6) is 0 Å². The maximum absolute atomic E-state index is 11.8. The van der Waals surface area contributed by atoms with Crippen LogP contribution < -0.4 is 0 Å². The molecule has 0 aromatic rings. The van der Waals surface area contributed by atoms with Crippen molar-refractivity contribution in [2.45, 2.75) is 0 Å². The molecule has 0 bridgehead atoms. The molecule has 0 radical (unpaired) electrons. The summed E-state index contributed by atoms with van der Waals surface area (Å²) in [7, 11) is 0. The van der Waals surface area contributed by atoms with Gasteiger partial charge in [0.25, 0.3) is 0 Å². The highest BCUT2D eigenvalue weighted by atomic mass is 32.3. The Morgan fingerprint density at radius 1 is 0.583 bits per heavy atom. The van der Waals surface area contributed by atoms with E-state index in [1.54, 1.807) is 94.1 Å². The molecule has 0 saturated carbocycles. The second-order valence-electron chi connectivity index (χ2n) is 5.87.